The third-order valence-corrected chi connectivity index (χ3v) is 4.06. The highest BCUT2D eigenvalue weighted by atomic mass is 16.5. The maximum atomic E-state index is 12.4. The molecule has 0 radical (unpaired) electrons. The monoisotopic (exact) mass is 282 g/mol. The average Bonchev–Trinajstić information content (AvgIpc) is 2.55. The van der Waals surface area contributed by atoms with E-state index >= 15 is 0 Å². The summed E-state index contributed by atoms with van der Waals surface area (Å²) >= 11 is 0. The van der Waals surface area contributed by atoms with Gasteiger partial charge in [-0.15, -0.1) is 0 Å². The van der Waals surface area contributed by atoms with Crippen molar-refractivity contribution in [3.05, 3.63) is 53.5 Å². The zero-order valence-electron chi connectivity index (χ0n) is 12.1. The Hall–Kier alpha value is -2.23. The Morgan fingerprint density at radius 1 is 1.33 bits per heavy atom. The minimum atomic E-state index is 0.0532. The number of carbonyl (C=O) groups excluding carboxylic acids is 1. The van der Waals surface area contributed by atoms with Crippen LogP contribution in [-0.4, -0.2) is 22.9 Å². The van der Waals surface area contributed by atoms with Crippen LogP contribution in [0.15, 0.2) is 36.7 Å². The van der Waals surface area contributed by atoms with Gasteiger partial charge >= 0.3 is 0 Å². The molecule has 0 fully saturated rings. The molecule has 0 N–H and O–H groups in total. The fraction of sp³-hybridized carbons (Fsp3) is 0.353. The molecular weight excluding hydrogens is 264 g/mol. The summed E-state index contributed by atoms with van der Waals surface area (Å²) in [5.41, 5.74) is 3.13. The number of hydrogen-bond donors (Lipinski definition) is 0. The molecule has 1 heterocycles. The number of ether oxygens (including phenoxy) is 1. The molecule has 2 aromatic rings. The molecule has 4 nitrogen and oxygen atoms in total. The van der Waals surface area contributed by atoms with Crippen molar-refractivity contribution in [2.75, 3.05) is 7.11 Å². The highest BCUT2D eigenvalue weighted by molar-refractivity contribution is 5.95. The Morgan fingerprint density at radius 3 is 3.05 bits per heavy atom. The Morgan fingerprint density at radius 2 is 2.19 bits per heavy atom. The summed E-state index contributed by atoms with van der Waals surface area (Å²) in [7, 11) is 1.54. The number of carbonyl (C=O) groups is 1. The van der Waals surface area contributed by atoms with Crippen LogP contribution in [0.25, 0.3) is 0 Å². The SMILES string of the molecule is COc1cc(C(=O)CC2CCCc3ccccc32)ncn1. The second-order valence-corrected chi connectivity index (χ2v) is 5.36. The van der Waals surface area contributed by atoms with Gasteiger partial charge in [-0.25, -0.2) is 9.97 Å². The minimum Gasteiger partial charge on any atom is -0.481 e. The van der Waals surface area contributed by atoms with Crippen LogP contribution in [0, 0.1) is 0 Å². The molecule has 1 unspecified atom stereocenters. The number of methoxy groups -OCH3 is 1. The molecule has 0 spiro atoms. The number of hydrogen-bond acceptors (Lipinski definition) is 4. The van der Waals surface area contributed by atoms with E-state index in [1.165, 1.54) is 24.6 Å². The summed E-state index contributed by atoms with van der Waals surface area (Å²) in [5.74, 6) is 0.776. The maximum absolute atomic E-state index is 12.4. The molecule has 1 aliphatic carbocycles. The number of Topliss-reactive ketones (excluding diaryl/α,β-unsaturated/α-hetero) is 1. The molecule has 0 bridgehead atoms. The fourth-order valence-corrected chi connectivity index (χ4v) is 3.00. The molecule has 1 aliphatic rings. The molecule has 1 aromatic carbocycles. The highest BCUT2D eigenvalue weighted by Gasteiger charge is 2.23. The molecule has 0 amide bonds. The summed E-state index contributed by atoms with van der Waals surface area (Å²) in [6.07, 6.45) is 5.19. The lowest BCUT2D eigenvalue weighted by Crippen LogP contribution is -2.14. The van der Waals surface area contributed by atoms with Gasteiger partial charge in [-0.1, -0.05) is 24.3 Å². The first kappa shape index (κ1) is 13.7. The van der Waals surface area contributed by atoms with Gasteiger partial charge in [-0.05, 0) is 36.3 Å². The van der Waals surface area contributed by atoms with E-state index in [-0.39, 0.29) is 5.78 Å². The minimum absolute atomic E-state index is 0.0532. The van der Waals surface area contributed by atoms with Gasteiger partial charge in [0.05, 0.1) is 7.11 Å². The van der Waals surface area contributed by atoms with Gasteiger partial charge in [0.1, 0.15) is 12.0 Å². The van der Waals surface area contributed by atoms with Crippen LogP contribution in [0.1, 0.15) is 46.8 Å². The molecule has 1 atom stereocenters. The zero-order chi connectivity index (χ0) is 14.7. The van der Waals surface area contributed by atoms with Crippen molar-refractivity contribution in [3.8, 4) is 5.88 Å². The van der Waals surface area contributed by atoms with Crippen LogP contribution in [-0.2, 0) is 6.42 Å². The molecule has 21 heavy (non-hydrogen) atoms. The van der Waals surface area contributed by atoms with Crippen molar-refractivity contribution in [2.45, 2.75) is 31.6 Å². The number of fused-ring (bicyclic) bond motifs is 1. The third-order valence-electron chi connectivity index (χ3n) is 4.06. The molecular formula is C17H18N2O2. The Kier molecular flexibility index (Phi) is 3.95. The number of nitrogens with zero attached hydrogens (tertiary/aromatic N) is 2. The van der Waals surface area contributed by atoms with Gasteiger partial charge in [0.25, 0.3) is 0 Å². The summed E-state index contributed by atoms with van der Waals surface area (Å²) in [6, 6.07) is 10.0. The van der Waals surface area contributed by atoms with E-state index < -0.39 is 0 Å². The average molecular weight is 282 g/mol. The van der Waals surface area contributed by atoms with Crippen molar-refractivity contribution in [3.63, 3.8) is 0 Å². The zero-order valence-corrected chi connectivity index (χ0v) is 12.1. The Labute approximate surface area is 124 Å². The van der Waals surface area contributed by atoms with Crippen molar-refractivity contribution in [1.29, 1.82) is 0 Å². The standard InChI is InChI=1S/C17H18N2O2/c1-21-17-10-15(18-11-19-17)16(20)9-13-7-4-6-12-5-2-3-8-14(12)13/h2-3,5,8,10-11,13H,4,6-7,9H2,1H3. The van der Waals surface area contributed by atoms with Crippen LogP contribution in [0.3, 0.4) is 0 Å². The van der Waals surface area contributed by atoms with Gasteiger partial charge in [0.2, 0.25) is 5.88 Å². The van der Waals surface area contributed by atoms with Crippen molar-refractivity contribution in [1.82, 2.24) is 9.97 Å². The van der Waals surface area contributed by atoms with E-state index in [2.05, 4.69) is 34.2 Å². The van der Waals surface area contributed by atoms with E-state index in [1.807, 2.05) is 0 Å². The second-order valence-electron chi connectivity index (χ2n) is 5.36. The lowest BCUT2D eigenvalue weighted by molar-refractivity contribution is 0.0965. The van der Waals surface area contributed by atoms with Crippen LogP contribution in [0.4, 0.5) is 0 Å². The van der Waals surface area contributed by atoms with E-state index in [4.69, 9.17) is 4.74 Å². The quantitative estimate of drug-likeness (QED) is 0.808. The molecule has 0 aliphatic heterocycles. The lowest BCUT2D eigenvalue weighted by Gasteiger charge is -2.24. The van der Waals surface area contributed by atoms with E-state index in [1.54, 1.807) is 6.07 Å². The molecule has 3 rings (SSSR count). The highest BCUT2D eigenvalue weighted by Crippen LogP contribution is 2.34. The van der Waals surface area contributed by atoms with Crippen LogP contribution >= 0.6 is 0 Å². The second kappa shape index (κ2) is 6.04. The Bertz CT molecular complexity index is 655. The summed E-state index contributed by atoms with van der Waals surface area (Å²) in [4.78, 5) is 20.5. The number of benzene rings is 1. The molecule has 0 saturated heterocycles. The number of aryl methyl sites for hydroxylation is 1. The topological polar surface area (TPSA) is 52.1 Å². The van der Waals surface area contributed by atoms with Gasteiger partial charge in [-0.3, -0.25) is 4.79 Å². The first-order valence-electron chi connectivity index (χ1n) is 7.25. The fourth-order valence-electron chi connectivity index (χ4n) is 3.00. The van der Waals surface area contributed by atoms with Crippen molar-refractivity contribution < 1.29 is 9.53 Å². The van der Waals surface area contributed by atoms with Gasteiger partial charge < -0.3 is 4.74 Å². The van der Waals surface area contributed by atoms with Gasteiger partial charge in [0.15, 0.2) is 5.78 Å². The molecule has 108 valence electrons. The predicted molar refractivity (Wildman–Crippen MR) is 79.7 cm³/mol. The summed E-state index contributed by atoms with van der Waals surface area (Å²) in [5, 5.41) is 0. The van der Waals surface area contributed by atoms with Gasteiger partial charge in [0, 0.05) is 12.5 Å². The maximum Gasteiger partial charge on any atom is 0.216 e. The van der Waals surface area contributed by atoms with Crippen LogP contribution in [0.2, 0.25) is 0 Å². The van der Waals surface area contributed by atoms with Crippen LogP contribution < -0.4 is 4.74 Å². The largest absolute Gasteiger partial charge is 0.481 e. The first-order valence-corrected chi connectivity index (χ1v) is 7.25. The van der Waals surface area contributed by atoms with Crippen LogP contribution in [0.5, 0.6) is 5.88 Å². The number of aromatic nitrogens is 2. The van der Waals surface area contributed by atoms with Gasteiger partial charge in [-0.2, -0.15) is 0 Å². The molecule has 1 aromatic heterocycles. The first-order chi connectivity index (χ1) is 10.3. The number of ketones is 1. The Balaban J connectivity index is 1.79. The molecule has 0 saturated carbocycles. The van der Waals surface area contributed by atoms with Crippen molar-refractivity contribution in [2.24, 2.45) is 0 Å². The normalized spacial score (nSPS) is 17.1. The third kappa shape index (κ3) is 2.94. The van der Waals surface area contributed by atoms with Crippen molar-refractivity contribution >= 4 is 5.78 Å². The predicted octanol–water partition coefficient (Wildman–Crippen LogP) is 3.18. The van der Waals surface area contributed by atoms with E-state index in [0.29, 0.717) is 23.9 Å². The molecule has 4 heteroatoms. The lowest BCUT2D eigenvalue weighted by atomic mass is 9.80. The smallest absolute Gasteiger partial charge is 0.216 e. The van der Waals surface area contributed by atoms with E-state index in [9.17, 15) is 4.79 Å². The summed E-state index contributed by atoms with van der Waals surface area (Å²) in [6.45, 7) is 0. The summed E-state index contributed by atoms with van der Waals surface area (Å²) < 4.78 is 5.05. The number of rotatable bonds is 4. The van der Waals surface area contributed by atoms with E-state index in [0.717, 1.165) is 19.3 Å².